The Bertz CT molecular complexity index is 481. The number of rotatable bonds is 4. The smallest absolute Gasteiger partial charge is 0.230 e. The molecule has 0 atom stereocenters. The fourth-order valence-corrected chi connectivity index (χ4v) is 3.37. The van der Waals surface area contributed by atoms with Crippen molar-refractivity contribution in [2.24, 2.45) is 5.41 Å². The van der Waals surface area contributed by atoms with E-state index in [9.17, 15) is 4.79 Å². The Balaban J connectivity index is 2.18. The molecule has 1 saturated heterocycles. The molecule has 1 amide bonds. The van der Waals surface area contributed by atoms with Gasteiger partial charge in [0.15, 0.2) is 0 Å². The van der Waals surface area contributed by atoms with Crippen LogP contribution in [0.1, 0.15) is 32.6 Å². The van der Waals surface area contributed by atoms with Crippen LogP contribution < -0.4 is 10.6 Å². The Morgan fingerprint density at radius 3 is 2.80 bits per heavy atom. The first-order valence-corrected chi connectivity index (χ1v) is 8.22. The highest BCUT2D eigenvalue weighted by atomic mass is 79.9. The summed E-state index contributed by atoms with van der Waals surface area (Å²) in [5.41, 5.74) is 0.499. The lowest BCUT2D eigenvalue weighted by molar-refractivity contribution is -0.127. The van der Waals surface area contributed by atoms with E-state index in [0.29, 0.717) is 5.02 Å². The van der Waals surface area contributed by atoms with E-state index in [1.165, 1.54) is 0 Å². The number of nitrogens with one attached hydrogen (secondary N) is 2. The fraction of sp³-hybridized carbons (Fsp3) is 0.533. The van der Waals surface area contributed by atoms with Crippen LogP contribution in [0.15, 0.2) is 22.7 Å². The SMILES string of the molecule is CCCC1(C(=O)Nc2cccc(Cl)c2Br)CCNCC1. The molecule has 1 aromatic rings. The zero-order chi connectivity index (χ0) is 14.6. The number of halogens is 2. The fourth-order valence-electron chi connectivity index (χ4n) is 2.83. The highest BCUT2D eigenvalue weighted by Crippen LogP contribution is 2.37. The van der Waals surface area contributed by atoms with Crippen LogP contribution >= 0.6 is 27.5 Å². The summed E-state index contributed by atoms with van der Waals surface area (Å²) in [4.78, 5) is 12.7. The maximum atomic E-state index is 12.7. The molecule has 1 fully saturated rings. The Kier molecular flexibility index (Phi) is 5.47. The summed E-state index contributed by atoms with van der Waals surface area (Å²) < 4.78 is 0.746. The Morgan fingerprint density at radius 1 is 1.45 bits per heavy atom. The molecule has 5 heteroatoms. The minimum atomic E-state index is -0.248. The lowest BCUT2D eigenvalue weighted by atomic mass is 9.74. The van der Waals surface area contributed by atoms with Crippen molar-refractivity contribution >= 4 is 39.1 Å². The molecule has 0 aromatic heterocycles. The van der Waals surface area contributed by atoms with Gasteiger partial charge in [0.05, 0.1) is 20.6 Å². The molecule has 0 bridgehead atoms. The van der Waals surface area contributed by atoms with E-state index in [1.807, 2.05) is 12.1 Å². The van der Waals surface area contributed by atoms with Crippen LogP contribution in [0.3, 0.4) is 0 Å². The minimum Gasteiger partial charge on any atom is -0.325 e. The average molecular weight is 360 g/mol. The summed E-state index contributed by atoms with van der Waals surface area (Å²) in [6.07, 6.45) is 3.73. The van der Waals surface area contributed by atoms with Crippen LogP contribution in [0.25, 0.3) is 0 Å². The third-order valence-electron chi connectivity index (χ3n) is 3.97. The average Bonchev–Trinajstić information content (AvgIpc) is 2.45. The molecule has 0 aliphatic carbocycles. The van der Waals surface area contributed by atoms with Gasteiger partial charge >= 0.3 is 0 Å². The van der Waals surface area contributed by atoms with Crippen molar-refractivity contribution in [2.45, 2.75) is 32.6 Å². The maximum absolute atomic E-state index is 12.7. The van der Waals surface area contributed by atoms with Gasteiger partial charge in [-0.25, -0.2) is 0 Å². The Morgan fingerprint density at radius 2 is 2.15 bits per heavy atom. The minimum absolute atomic E-state index is 0.115. The van der Waals surface area contributed by atoms with Crippen LogP contribution in [-0.4, -0.2) is 19.0 Å². The largest absolute Gasteiger partial charge is 0.325 e. The second kappa shape index (κ2) is 6.92. The summed E-state index contributed by atoms with van der Waals surface area (Å²) >= 11 is 9.50. The molecule has 2 rings (SSSR count). The topological polar surface area (TPSA) is 41.1 Å². The molecule has 2 N–H and O–H groups in total. The van der Waals surface area contributed by atoms with Crippen molar-refractivity contribution < 1.29 is 4.79 Å². The summed E-state index contributed by atoms with van der Waals surface area (Å²) in [6.45, 7) is 3.95. The number of hydrogen-bond donors (Lipinski definition) is 2. The van der Waals surface area contributed by atoms with Crippen LogP contribution in [0, 0.1) is 5.41 Å². The third kappa shape index (κ3) is 3.35. The Hall–Kier alpha value is -0.580. The van der Waals surface area contributed by atoms with Gasteiger partial charge in [0.2, 0.25) is 5.91 Å². The molecular formula is C15H20BrClN2O. The normalized spacial score (nSPS) is 17.8. The van der Waals surface area contributed by atoms with Crippen LogP contribution in [0.2, 0.25) is 5.02 Å². The van der Waals surface area contributed by atoms with Crippen LogP contribution in [0.5, 0.6) is 0 Å². The molecule has 0 radical (unpaired) electrons. The molecule has 1 aliphatic heterocycles. The standard InChI is InChI=1S/C15H20BrClN2O/c1-2-6-15(7-9-18-10-8-15)14(20)19-12-5-3-4-11(17)13(12)16/h3-5,18H,2,6-10H2,1H3,(H,19,20). The maximum Gasteiger partial charge on any atom is 0.230 e. The summed E-state index contributed by atoms with van der Waals surface area (Å²) in [7, 11) is 0. The van der Waals surface area contributed by atoms with Gasteiger partial charge in [-0.1, -0.05) is 31.0 Å². The second-order valence-corrected chi connectivity index (χ2v) is 6.54. The van der Waals surface area contributed by atoms with E-state index in [-0.39, 0.29) is 11.3 Å². The first kappa shape index (κ1) is 15.8. The monoisotopic (exact) mass is 358 g/mol. The van der Waals surface area contributed by atoms with Crippen molar-refractivity contribution in [2.75, 3.05) is 18.4 Å². The lowest BCUT2D eigenvalue weighted by Crippen LogP contribution is -2.44. The van der Waals surface area contributed by atoms with E-state index < -0.39 is 0 Å². The van der Waals surface area contributed by atoms with Crippen LogP contribution in [0.4, 0.5) is 5.69 Å². The van der Waals surface area contributed by atoms with E-state index in [1.54, 1.807) is 6.07 Å². The number of amides is 1. The predicted octanol–water partition coefficient (Wildman–Crippen LogP) is 4.21. The van der Waals surface area contributed by atoms with Gasteiger partial charge in [0, 0.05) is 0 Å². The molecule has 0 saturated carbocycles. The van der Waals surface area contributed by atoms with Crippen LogP contribution in [-0.2, 0) is 4.79 Å². The number of piperidine rings is 1. The molecule has 0 unspecified atom stereocenters. The third-order valence-corrected chi connectivity index (χ3v) is 5.37. The molecule has 1 heterocycles. The van der Waals surface area contributed by atoms with Gasteiger partial charge < -0.3 is 10.6 Å². The first-order valence-electron chi connectivity index (χ1n) is 7.05. The number of carbonyl (C=O) groups excluding carboxylic acids is 1. The van der Waals surface area contributed by atoms with Crippen molar-refractivity contribution in [3.63, 3.8) is 0 Å². The number of carbonyl (C=O) groups is 1. The van der Waals surface area contributed by atoms with Gasteiger partial charge in [-0.3, -0.25) is 4.79 Å². The molecule has 20 heavy (non-hydrogen) atoms. The molecule has 0 spiro atoms. The van der Waals surface area contributed by atoms with Crippen molar-refractivity contribution in [1.82, 2.24) is 5.32 Å². The number of anilines is 1. The summed E-state index contributed by atoms with van der Waals surface area (Å²) in [5, 5.41) is 6.98. The molecule has 110 valence electrons. The second-order valence-electron chi connectivity index (χ2n) is 5.34. The van der Waals surface area contributed by atoms with Gasteiger partial charge in [-0.05, 0) is 60.4 Å². The van der Waals surface area contributed by atoms with Gasteiger partial charge in [0.1, 0.15) is 0 Å². The van der Waals surface area contributed by atoms with Crippen molar-refractivity contribution in [3.05, 3.63) is 27.7 Å². The molecule has 1 aromatic carbocycles. The highest BCUT2D eigenvalue weighted by molar-refractivity contribution is 9.10. The number of hydrogen-bond acceptors (Lipinski definition) is 2. The zero-order valence-corrected chi connectivity index (χ0v) is 14.0. The summed E-state index contributed by atoms with van der Waals surface area (Å²) in [6, 6.07) is 5.51. The van der Waals surface area contributed by atoms with E-state index in [0.717, 1.165) is 48.9 Å². The van der Waals surface area contributed by atoms with E-state index in [2.05, 4.69) is 33.5 Å². The summed E-state index contributed by atoms with van der Waals surface area (Å²) in [5.74, 6) is 0.115. The van der Waals surface area contributed by atoms with Gasteiger partial charge in [-0.2, -0.15) is 0 Å². The lowest BCUT2D eigenvalue weighted by Gasteiger charge is -2.36. The van der Waals surface area contributed by atoms with Crippen molar-refractivity contribution in [3.8, 4) is 0 Å². The van der Waals surface area contributed by atoms with E-state index in [4.69, 9.17) is 11.6 Å². The van der Waals surface area contributed by atoms with Gasteiger partial charge in [-0.15, -0.1) is 0 Å². The highest BCUT2D eigenvalue weighted by Gasteiger charge is 2.38. The van der Waals surface area contributed by atoms with Crippen molar-refractivity contribution in [1.29, 1.82) is 0 Å². The molecular weight excluding hydrogens is 340 g/mol. The first-order chi connectivity index (χ1) is 9.59. The zero-order valence-electron chi connectivity index (χ0n) is 11.6. The van der Waals surface area contributed by atoms with Gasteiger partial charge in [0.25, 0.3) is 0 Å². The quantitative estimate of drug-likeness (QED) is 0.845. The predicted molar refractivity (Wildman–Crippen MR) is 87.2 cm³/mol. The molecule has 3 nitrogen and oxygen atoms in total. The number of benzene rings is 1. The molecule has 1 aliphatic rings. The Labute approximate surface area is 133 Å². The van der Waals surface area contributed by atoms with E-state index >= 15 is 0 Å².